The molecule has 136 valence electrons. The van der Waals surface area contributed by atoms with Gasteiger partial charge in [0.2, 0.25) is 5.91 Å². The van der Waals surface area contributed by atoms with Gasteiger partial charge in [-0.2, -0.15) is 0 Å². The quantitative estimate of drug-likeness (QED) is 0.503. The van der Waals surface area contributed by atoms with Crippen molar-refractivity contribution in [1.29, 1.82) is 0 Å². The van der Waals surface area contributed by atoms with Crippen molar-refractivity contribution in [3.8, 4) is 11.3 Å². The average molecular weight is 400 g/mol. The van der Waals surface area contributed by atoms with Crippen LogP contribution in [0.3, 0.4) is 0 Å². The van der Waals surface area contributed by atoms with E-state index in [0.717, 1.165) is 27.5 Å². The number of halogens is 2. The number of thiazole rings is 1. The van der Waals surface area contributed by atoms with E-state index >= 15 is 0 Å². The van der Waals surface area contributed by atoms with Gasteiger partial charge in [0, 0.05) is 33.5 Å². The monoisotopic (exact) mass is 399 g/mol. The molecule has 1 N–H and O–H groups in total. The molecule has 4 rings (SSSR count). The third-order valence-corrected chi connectivity index (χ3v) is 5.36. The van der Waals surface area contributed by atoms with Crippen molar-refractivity contribution in [2.24, 2.45) is 0 Å². The van der Waals surface area contributed by atoms with Gasteiger partial charge >= 0.3 is 0 Å². The molecule has 4 aromatic rings. The zero-order valence-corrected chi connectivity index (χ0v) is 15.9. The second kappa shape index (κ2) is 7.13. The number of carbonyl (C=O) groups is 1. The number of nitrogens with one attached hydrogen (secondary N) is 1. The van der Waals surface area contributed by atoms with Gasteiger partial charge in [-0.15, -0.1) is 11.3 Å². The number of amides is 1. The van der Waals surface area contributed by atoms with E-state index in [4.69, 9.17) is 11.6 Å². The minimum absolute atomic E-state index is 0.128. The van der Waals surface area contributed by atoms with Crippen LogP contribution in [-0.4, -0.2) is 15.3 Å². The Morgan fingerprint density at radius 1 is 1.26 bits per heavy atom. The number of benzene rings is 2. The summed E-state index contributed by atoms with van der Waals surface area (Å²) in [6.45, 7) is 1.92. The van der Waals surface area contributed by atoms with Crippen LogP contribution in [0.5, 0.6) is 0 Å². The number of hydrogen-bond acceptors (Lipinski definition) is 3. The van der Waals surface area contributed by atoms with Crippen molar-refractivity contribution < 1.29 is 9.18 Å². The molecule has 1 amide bonds. The van der Waals surface area contributed by atoms with Crippen LogP contribution in [0.1, 0.15) is 11.3 Å². The molecule has 0 saturated heterocycles. The zero-order valence-electron chi connectivity index (χ0n) is 14.4. The number of aryl methyl sites for hydroxylation is 1. The van der Waals surface area contributed by atoms with Gasteiger partial charge in [0.1, 0.15) is 5.82 Å². The summed E-state index contributed by atoms with van der Waals surface area (Å²) >= 11 is 7.47. The van der Waals surface area contributed by atoms with Gasteiger partial charge < -0.3 is 5.32 Å². The highest BCUT2D eigenvalue weighted by Gasteiger charge is 2.13. The number of fused-ring (bicyclic) bond motifs is 1. The van der Waals surface area contributed by atoms with Gasteiger partial charge in [-0.3, -0.25) is 9.20 Å². The second-order valence-corrected chi connectivity index (χ2v) is 7.47. The number of rotatable bonds is 4. The van der Waals surface area contributed by atoms with E-state index in [1.807, 2.05) is 29.0 Å². The fourth-order valence-electron chi connectivity index (χ4n) is 2.80. The minimum Gasteiger partial charge on any atom is -0.325 e. The number of aromatic nitrogens is 2. The first-order valence-corrected chi connectivity index (χ1v) is 9.53. The maximum absolute atomic E-state index is 13.1. The Bertz CT molecular complexity index is 1130. The molecule has 0 unspecified atom stereocenters. The summed E-state index contributed by atoms with van der Waals surface area (Å²) in [5, 5.41) is 5.40. The molecular formula is C20H15ClFN3OS. The van der Waals surface area contributed by atoms with Crippen LogP contribution in [0, 0.1) is 12.7 Å². The number of carbonyl (C=O) groups excluding carboxylic acids is 1. The van der Waals surface area contributed by atoms with Crippen molar-refractivity contribution >= 4 is 39.5 Å². The number of hydrogen-bond donors (Lipinski definition) is 1. The molecule has 2 heterocycles. The van der Waals surface area contributed by atoms with Crippen molar-refractivity contribution in [2.45, 2.75) is 13.3 Å². The maximum Gasteiger partial charge on any atom is 0.230 e. The Balaban J connectivity index is 1.56. The number of nitrogens with zero attached hydrogens (tertiary/aromatic N) is 2. The van der Waals surface area contributed by atoms with E-state index in [9.17, 15) is 9.18 Å². The van der Waals surface area contributed by atoms with Crippen molar-refractivity contribution in [1.82, 2.24) is 9.38 Å². The first-order chi connectivity index (χ1) is 13.0. The summed E-state index contributed by atoms with van der Waals surface area (Å²) < 4.78 is 15.0. The molecule has 4 nitrogen and oxygen atoms in total. The van der Waals surface area contributed by atoms with E-state index in [2.05, 4.69) is 10.3 Å². The van der Waals surface area contributed by atoms with Gasteiger partial charge in [-0.05, 0) is 48.9 Å². The van der Waals surface area contributed by atoms with E-state index in [-0.39, 0.29) is 18.1 Å². The standard InChI is InChI=1S/C20H15ClFN3OS/c1-12-2-5-14(21)8-17(12)23-19(26)9-16-11-27-20-24-18(10-25(16)20)13-3-6-15(22)7-4-13/h2-8,10-11H,9H2,1H3,(H,23,26). The van der Waals surface area contributed by atoms with Crippen LogP contribution in [0.4, 0.5) is 10.1 Å². The summed E-state index contributed by atoms with van der Waals surface area (Å²) in [6.07, 6.45) is 2.08. The van der Waals surface area contributed by atoms with Crippen LogP contribution in [-0.2, 0) is 11.2 Å². The molecule has 0 saturated carbocycles. The van der Waals surface area contributed by atoms with Crippen LogP contribution in [0.2, 0.25) is 5.02 Å². The molecule has 2 aromatic carbocycles. The Labute approximate surface area is 164 Å². The summed E-state index contributed by atoms with van der Waals surface area (Å²) in [4.78, 5) is 17.8. The summed E-state index contributed by atoms with van der Waals surface area (Å²) in [5.74, 6) is -0.412. The highest BCUT2D eigenvalue weighted by Crippen LogP contribution is 2.25. The second-order valence-electron chi connectivity index (χ2n) is 6.20. The Morgan fingerprint density at radius 3 is 2.81 bits per heavy atom. The van der Waals surface area contributed by atoms with Crippen LogP contribution in [0.25, 0.3) is 16.2 Å². The summed E-state index contributed by atoms with van der Waals surface area (Å²) in [5.41, 5.74) is 4.07. The molecule has 0 fully saturated rings. The lowest BCUT2D eigenvalue weighted by molar-refractivity contribution is -0.115. The SMILES string of the molecule is Cc1ccc(Cl)cc1NC(=O)Cc1csc2nc(-c3ccc(F)cc3)cn12. The predicted molar refractivity (Wildman–Crippen MR) is 107 cm³/mol. The maximum atomic E-state index is 13.1. The molecule has 27 heavy (non-hydrogen) atoms. The molecule has 0 radical (unpaired) electrons. The molecule has 7 heteroatoms. The topological polar surface area (TPSA) is 46.4 Å². The molecule has 0 aliphatic heterocycles. The van der Waals surface area contributed by atoms with Gasteiger partial charge in [-0.1, -0.05) is 17.7 Å². The number of imidazole rings is 1. The minimum atomic E-state index is -0.284. The van der Waals surface area contributed by atoms with Gasteiger partial charge in [0.25, 0.3) is 0 Å². The zero-order chi connectivity index (χ0) is 19.0. The third kappa shape index (κ3) is 3.72. The fraction of sp³-hybridized carbons (Fsp3) is 0.100. The van der Waals surface area contributed by atoms with Gasteiger partial charge in [0.05, 0.1) is 12.1 Å². The highest BCUT2D eigenvalue weighted by atomic mass is 35.5. The summed E-state index contributed by atoms with van der Waals surface area (Å²) in [7, 11) is 0. The Kier molecular flexibility index (Phi) is 4.68. The average Bonchev–Trinajstić information content (AvgIpc) is 3.21. The predicted octanol–water partition coefficient (Wildman–Crippen LogP) is 5.34. The Hall–Kier alpha value is -2.70. The lowest BCUT2D eigenvalue weighted by Gasteiger charge is -2.08. The van der Waals surface area contributed by atoms with Gasteiger partial charge in [0.15, 0.2) is 4.96 Å². The van der Waals surface area contributed by atoms with E-state index in [0.29, 0.717) is 10.7 Å². The number of anilines is 1. The van der Waals surface area contributed by atoms with Crippen molar-refractivity contribution in [2.75, 3.05) is 5.32 Å². The van der Waals surface area contributed by atoms with Crippen molar-refractivity contribution in [3.63, 3.8) is 0 Å². The van der Waals surface area contributed by atoms with Crippen LogP contribution < -0.4 is 5.32 Å². The van der Waals surface area contributed by atoms with Crippen LogP contribution >= 0.6 is 22.9 Å². The molecule has 0 bridgehead atoms. The lowest BCUT2D eigenvalue weighted by atomic mass is 10.2. The molecular weight excluding hydrogens is 385 g/mol. The lowest BCUT2D eigenvalue weighted by Crippen LogP contribution is -2.16. The molecule has 0 atom stereocenters. The smallest absolute Gasteiger partial charge is 0.230 e. The van der Waals surface area contributed by atoms with E-state index < -0.39 is 0 Å². The van der Waals surface area contributed by atoms with E-state index in [1.54, 1.807) is 24.3 Å². The highest BCUT2D eigenvalue weighted by molar-refractivity contribution is 7.15. The van der Waals surface area contributed by atoms with Crippen LogP contribution in [0.15, 0.2) is 54.0 Å². The summed E-state index contributed by atoms with van der Waals surface area (Å²) in [6, 6.07) is 11.6. The molecule has 0 aliphatic rings. The first-order valence-electron chi connectivity index (χ1n) is 8.27. The van der Waals surface area contributed by atoms with Gasteiger partial charge in [-0.25, -0.2) is 9.37 Å². The molecule has 0 spiro atoms. The van der Waals surface area contributed by atoms with E-state index in [1.165, 1.54) is 23.5 Å². The fourth-order valence-corrected chi connectivity index (χ4v) is 3.85. The molecule has 0 aliphatic carbocycles. The largest absolute Gasteiger partial charge is 0.325 e. The first kappa shape index (κ1) is 17.7. The third-order valence-electron chi connectivity index (χ3n) is 4.24. The normalized spacial score (nSPS) is 11.1. The Morgan fingerprint density at radius 2 is 2.04 bits per heavy atom. The molecule has 2 aromatic heterocycles. The van der Waals surface area contributed by atoms with Crippen molar-refractivity contribution in [3.05, 3.63) is 76.1 Å².